The molecule has 1 aliphatic rings. The molecule has 3 heterocycles. The highest BCUT2D eigenvalue weighted by molar-refractivity contribution is 5.48. The van der Waals surface area contributed by atoms with Gasteiger partial charge in [0.2, 0.25) is 0 Å². The Morgan fingerprint density at radius 2 is 2.04 bits per heavy atom. The molecule has 4 rings (SSSR count). The van der Waals surface area contributed by atoms with Gasteiger partial charge in [-0.25, -0.2) is 4.68 Å². The van der Waals surface area contributed by atoms with Crippen LogP contribution in [0.15, 0.2) is 36.7 Å². The predicted octanol–water partition coefficient (Wildman–Crippen LogP) is 2.56. The summed E-state index contributed by atoms with van der Waals surface area (Å²) in [6.07, 6.45) is 4.28. The van der Waals surface area contributed by atoms with E-state index in [1.165, 1.54) is 16.7 Å². The van der Waals surface area contributed by atoms with Crippen molar-refractivity contribution in [1.82, 2.24) is 24.9 Å². The first-order chi connectivity index (χ1) is 13.0. The van der Waals surface area contributed by atoms with E-state index in [-0.39, 0.29) is 12.0 Å². The van der Waals surface area contributed by atoms with Crippen molar-refractivity contribution in [3.63, 3.8) is 0 Å². The lowest BCUT2D eigenvalue weighted by Crippen LogP contribution is -2.23. The summed E-state index contributed by atoms with van der Waals surface area (Å²) in [5.74, 6) is 0.214. The smallest absolute Gasteiger partial charge is 0.0711 e. The number of H-pyrrole nitrogens is 1. The van der Waals surface area contributed by atoms with Crippen molar-refractivity contribution in [3.8, 4) is 5.69 Å². The van der Waals surface area contributed by atoms with Gasteiger partial charge in [-0.15, -0.1) is 0 Å². The number of benzene rings is 1. The van der Waals surface area contributed by atoms with E-state index in [2.05, 4.69) is 52.2 Å². The average molecular weight is 365 g/mol. The summed E-state index contributed by atoms with van der Waals surface area (Å²) >= 11 is 0. The van der Waals surface area contributed by atoms with Gasteiger partial charge in [0.15, 0.2) is 0 Å². The summed E-state index contributed by atoms with van der Waals surface area (Å²) < 4.78 is 1.94. The molecule has 1 fully saturated rings. The highest BCUT2D eigenvalue weighted by Gasteiger charge is 2.32. The van der Waals surface area contributed by atoms with Crippen LogP contribution in [0.2, 0.25) is 0 Å². The van der Waals surface area contributed by atoms with Crippen molar-refractivity contribution >= 4 is 0 Å². The highest BCUT2D eigenvalue weighted by atomic mass is 16.3. The number of aromatic amines is 1. The highest BCUT2D eigenvalue weighted by Crippen LogP contribution is 2.27. The number of β-amino-alcohol motifs (C(OH)–C–C–N with tert-alkyl or cyclic N) is 1. The van der Waals surface area contributed by atoms with Crippen LogP contribution in [-0.4, -0.2) is 49.2 Å². The van der Waals surface area contributed by atoms with E-state index in [4.69, 9.17) is 0 Å². The molecule has 27 heavy (non-hydrogen) atoms. The summed E-state index contributed by atoms with van der Waals surface area (Å²) in [5, 5.41) is 22.3. The number of aliphatic hydroxyl groups is 1. The maximum Gasteiger partial charge on any atom is 0.0711 e. The molecule has 2 atom stereocenters. The summed E-state index contributed by atoms with van der Waals surface area (Å²) in [5.41, 5.74) is 6.98. The summed E-state index contributed by atoms with van der Waals surface area (Å²) in [6.45, 7) is 8.66. The minimum absolute atomic E-state index is 0.214. The van der Waals surface area contributed by atoms with E-state index in [0.29, 0.717) is 6.54 Å². The van der Waals surface area contributed by atoms with Gasteiger partial charge in [0.25, 0.3) is 0 Å². The van der Waals surface area contributed by atoms with E-state index in [9.17, 15) is 5.11 Å². The van der Waals surface area contributed by atoms with Gasteiger partial charge in [0.05, 0.1) is 17.5 Å². The minimum Gasteiger partial charge on any atom is -0.391 e. The normalized spacial score (nSPS) is 20.4. The molecule has 1 aliphatic heterocycles. The number of aryl methyl sites for hydroxylation is 3. The number of hydrogen-bond acceptors (Lipinski definition) is 4. The van der Waals surface area contributed by atoms with E-state index in [1.54, 1.807) is 0 Å². The molecule has 142 valence electrons. The number of aliphatic hydroxyl groups excluding tert-OH is 1. The average Bonchev–Trinajstić information content (AvgIpc) is 3.33. The molecule has 0 unspecified atom stereocenters. The Balaban J connectivity index is 1.53. The molecule has 6 heteroatoms. The van der Waals surface area contributed by atoms with Crippen LogP contribution in [0.3, 0.4) is 0 Å². The third-order valence-corrected chi connectivity index (χ3v) is 5.44. The molecule has 3 aromatic rings. The summed E-state index contributed by atoms with van der Waals surface area (Å²) in [4.78, 5) is 2.35. The molecule has 0 radical (unpaired) electrons. The fourth-order valence-electron chi connectivity index (χ4n) is 4.14. The van der Waals surface area contributed by atoms with Gasteiger partial charge in [-0.1, -0.05) is 6.07 Å². The van der Waals surface area contributed by atoms with Crippen LogP contribution in [0.25, 0.3) is 5.69 Å². The SMILES string of the molecule is Cc1cc(C)c(CN2C[C@@H](Cc3cc(C)[nH]n3)[C@H](O)C2)c(-n2cccn2)c1. The Morgan fingerprint density at radius 1 is 1.19 bits per heavy atom. The third kappa shape index (κ3) is 3.82. The molecule has 1 saturated heterocycles. The third-order valence-electron chi connectivity index (χ3n) is 5.44. The number of rotatable bonds is 5. The van der Waals surface area contributed by atoms with Gasteiger partial charge in [-0.2, -0.15) is 10.2 Å². The van der Waals surface area contributed by atoms with E-state index < -0.39 is 0 Å². The van der Waals surface area contributed by atoms with Crippen molar-refractivity contribution in [2.45, 2.75) is 39.8 Å². The molecular formula is C21H27N5O. The molecule has 0 bridgehead atoms. The van der Waals surface area contributed by atoms with E-state index >= 15 is 0 Å². The Kier molecular flexibility index (Phi) is 4.85. The fraction of sp³-hybridized carbons (Fsp3) is 0.429. The van der Waals surface area contributed by atoms with Gasteiger partial charge in [-0.05, 0) is 62.1 Å². The number of nitrogens with zero attached hydrogens (tertiary/aromatic N) is 4. The molecule has 2 aromatic heterocycles. The number of hydrogen-bond donors (Lipinski definition) is 2. The van der Waals surface area contributed by atoms with Gasteiger partial charge < -0.3 is 5.11 Å². The zero-order chi connectivity index (χ0) is 19.0. The standard InChI is InChI=1S/C21H27N5O/c1-14-7-15(2)19(20(8-14)26-6-4-5-22-26)12-25-11-17(21(27)13-25)10-18-9-16(3)23-24-18/h4-9,17,21,27H,10-13H2,1-3H3,(H,23,24)/t17-,21-/m1/s1. The van der Waals surface area contributed by atoms with Crippen molar-refractivity contribution in [1.29, 1.82) is 0 Å². The van der Waals surface area contributed by atoms with E-state index in [1.807, 2.05) is 30.1 Å². The fourth-order valence-corrected chi connectivity index (χ4v) is 4.14. The Labute approximate surface area is 159 Å². The van der Waals surface area contributed by atoms with E-state index in [0.717, 1.165) is 36.6 Å². The lowest BCUT2D eigenvalue weighted by atomic mass is 10.00. The lowest BCUT2D eigenvalue weighted by Gasteiger charge is -2.20. The molecular weight excluding hydrogens is 338 g/mol. The topological polar surface area (TPSA) is 70.0 Å². The molecule has 2 N–H and O–H groups in total. The van der Waals surface area contributed by atoms with Gasteiger partial charge >= 0.3 is 0 Å². The first kappa shape index (κ1) is 17.9. The second-order valence-corrected chi connectivity index (χ2v) is 7.80. The van der Waals surface area contributed by atoms with Gasteiger partial charge in [0.1, 0.15) is 0 Å². The van der Waals surface area contributed by atoms with Crippen LogP contribution >= 0.6 is 0 Å². The zero-order valence-electron chi connectivity index (χ0n) is 16.2. The first-order valence-corrected chi connectivity index (χ1v) is 9.51. The zero-order valence-corrected chi connectivity index (χ0v) is 16.2. The molecule has 0 spiro atoms. The van der Waals surface area contributed by atoms with Crippen LogP contribution in [-0.2, 0) is 13.0 Å². The Morgan fingerprint density at radius 3 is 2.74 bits per heavy atom. The maximum atomic E-state index is 10.6. The molecule has 1 aromatic carbocycles. The van der Waals surface area contributed by atoms with Crippen molar-refractivity contribution in [2.75, 3.05) is 13.1 Å². The summed E-state index contributed by atoms with van der Waals surface area (Å²) in [7, 11) is 0. The monoisotopic (exact) mass is 365 g/mol. The Hall–Kier alpha value is -2.44. The van der Waals surface area contributed by atoms with Crippen molar-refractivity contribution in [2.24, 2.45) is 5.92 Å². The van der Waals surface area contributed by atoms with Gasteiger partial charge in [0, 0.05) is 43.6 Å². The van der Waals surface area contributed by atoms with Crippen LogP contribution in [0.1, 0.15) is 28.1 Å². The largest absolute Gasteiger partial charge is 0.391 e. The molecule has 0 amide bonds. The quantitative estimate of drug-likeness (QED) is 0.729. The first-order valence-electron chi connectivity index (χ1n) is 9.51. The number of likely N-dealkylation sites (tertiary alicyclic amines) is 1. The van der Waals surface area contributed by atoms with Crippen LogP contribution < -0.4 is 0 Å². The van der Waals surface area contributed by atoms with Gasteiger partial charge in [-0.3, -0.25) is 10.00 Å². The number of nitrogens with one attached hydrogen (secondary N) is 1. The predicted molar refractivity (Wildman–Crippen MR) is 105 cm³/mol. The second kappa shape index (κ2) is 7.29. The van der Waals surface area contributed by atoms with Crippen LogP contribution in [0.4, 0.5) is 0 Å². The molecule has 0 aliphatic carbocycles. The van der Waals surface area contributed by atoms with Crippen LogP contribution in [0.5, 0.6) is 0 Å². The second-order valence-electron chi connectivity index (χ2n) is 7.80. The molecule has 6 nitrogen and oxygen atoms in total. The van der Waals surface area contributed by atoms with Crippen molar-refractivity contribution in [3.05, 3.63) is 64.7 Å². The molecule has 0 saturated carbocycles. The Bertz CT molecular complexity index is 915. The van der Waals surface area contributed by atoms with Crippen molar-refractivity contribution < 1.29 is 5.11 Å². The minimum atomic E-state index is -0.319. The van der Waals surface area contributed by atoms with Crippen LogP contribution in [0, 0.1) is 26.7 Å². The summed E-state index contributed by atoms with van der Waals surface area (Å²) in [6, 6.07) is 8.42. The maximum absolute atomic E-state index is 10.6. The number of aromatic nitrogens is 4. The lowest BCUT2D eigenvalue weighted by molar-refractivity contribution is 0.140.